The summed E-state index contributed by atoms with van der Waals surface area (Å²) in [5.74, 6) is 0.305. The fourth-order valence-corrected chi connectivity index (χ4v) is 3.34. The molecule has 0 aliphatic carbocycles. The molecule has 2 aromatic heterocycles. The topological polar surface area (TPSA) is 39.9 Å². The number of aromatic hydroxyl groups is 1. The summed E-state index contributed by atoms with van der Waals surface area (Å²) in [4.78, 5) is 3.50. The number of hydrogen-bond donors (Lipinski definition) is 2. The molecule has 0 unspecified atom stereocenters. The molecule has 0 aliphatic rings. The summed E-state index contributed by atoms with van der Waals surface area (Å²) in [6, 6.07) is 7.67. The van der Waals surface area contributed by atoms with E-state index in [4.69, 9.17) is 37.7 Å². The normalized spacial score (nSPS) is 12.4. The van der Waals surface area contributed by atoms with Crippen LogP contribution in [0.1, 0.15) is 11.1 Å². The Bertz CT molecular complexity index is 1130. The van der Waals surface area contributed by atoms with Crippen LogP contribution in [0.5, 0.6) is 5.75 Å². The molecule has 0 atom stereocenters. The van der Waals surface area contributed by atoms with Crippen molar-refractivity contribution in [1.29, 1.82) is 0 Å². The molecule has 0 bridgehead atoms. The Hall–Kier alpha value is -0.702. The molecule has 4 aromatic rings. The number of phenols is 1. The van der Waals surface area contributed by atoms with E-state index in [0.717, 1.165) is 16.4 Å². The average Bonchev–Trinajstić information content (AvgIpc) is 2.90. The maximum absolute atomic E-state index is 9.81. The van der Waals surface area contributed by atoms with Crippen LogP contribution in [0.15, 0.2) is 36.7 Å². The molecule has 0 spiro atoms. The van der Waals surface area contributed by atoms with E-state index in [0.29, 0.717) is 5.75 Å². The third kappa shape index (κ3) is 4.08. The molecule has 26 heavy (non-hydrogen) atoms. The summed E-state index contributed by atoms with van der Waals surface area (Å²) in [5.41, 5.74) is 4.73. The van der Waals surface area contributed by atoms with Crippen LogP contribution in [0.2, 0.25) is 0 Å². The van der Waals surface area contributed by atoms with Gasteiger partial charge >= 0.3 is 49.6 Å². The zero-order chi connectivity index (χ0) is 19.2. The first-order valence-electron chi connectivity index (χ1n) is 7.56. The van der Waals surface area contributed by atoms with Crippen LogP contribution in [0.3, 0.4) is 0 Å². The molecule has 8 heteroatoms. The summed E-state index contributed by atoms with van der Waals surface area (Å²) in [5, 5.41) is 14.6. The number of hydrogen-bond acceptors (Lipinski definition) is 1. The summed E-state index contributed by atoms with van der Waals surface area (Å²) in [7, 11) is 22.1. The SMILES string of the molecule is Cc1c2cc[n+](C)cc2c(C)c2c1[nH]c1ccc(O)cc12.[Cl][Pt-2]([Cl])([Cl])[Cl]. The van der Waals surface area contributed by atoms with E-state index in [2.05, 4.69) is 41.9 Å². The van der Waals surface area contributed by atoms with E-state index in [9.17, 15) is 5.11 Å². The van der Waals surface area contributed by atoms with E-state index in [1.54, 1.807) is 6.07 Å². The van der Waals surface area contributed by atoms with Crippen molar-refractivity contribution < 1.29 is 21.6 Å². The van der Waals surface area contributed by atoms with Gasteiger partial charge in [0.25, 0.3) is 0 Å². The quantitative estimate of drug-likeness (QED) is 0.222. The van der Waals surface area contributed by atoms with Crippen LogP contribution in [0, 0.1) is 13.8 Å². The van der Waals surface area contributed by atoms with Crippen molar-refractivity contribution >= 4 is 70.3 Å². The summed E-state index contributed by atoms with van der Waals surface area (Å²) >= 11 is -3.06. The number of aromatic amines is 1. The molecule has 4 rings (SSSR count). The molecule has 0 saturated carbocycles. The van der Waals surface area contributed by atoms with Gasteiger partial charge < -0.3 is 10.1 Å². The van der Waals surface area contributed by atoms with Gasteiger partial charge in [-0.3, -0.25) is 0 Å². The van der Waals surface area contributed by atoms with Gasteiger partial charge in [-0.2, -0.15) is 0 Å². The van der Waals surface area contributed by atoms with Crippen molar-refractivity contribution in [2.24, 2.45) is 7.05 Å². The third-order valence-corrected chi connectivity index (χ3v) is 4.44. The first kappa shape index (κ1) is 20.0. The van der Waals surface area contributed by atoms with Gasteiger partial charge in [-0.15, -0.1) is 0 Å². The Kier molecular flexibility index (Phi) is 5.68. The van der Waals surface area contributed by atoms with Gasteiger partial charge in [0.05, 0.1) is 5.52 Å². The van der Waals surface area contributed by atoms with Crippen LogP contribution < -0.4 is 4.57 Å². The van der Waals surface area contributed by atoms with Crippen molar-refractivity contribution in [3.63, 3.8) is 0 Å². The van der Waals surface area contributed by atoms with Crippen molar-refractivity contribution in [3.05, 3.63) is 47.8 Å². The first-order valence-corrected chi connectivity index (χ1v) is 18.8. The van der Waals surface area contributed by atoms with Crippen LogP contribution in [-0.2, 0) is 18.9 Å². The fourth-order valence-electron chi connectivity index (χ4n) is 3.34. The third-order valence-electron chi connectivity index (χ3n) is 4.44. The van der Waals surface area contributed by atoms with Gasteiger partial charge in [-0.25, -0.2) is 4.57 Å². The van der Waals surface area contributed by atoms with Crippen LogP contribution >= 0.6 is 37.7 Å². The van der Waals surface area contributed by atoms with Crippen molar-refractivity contribution in [3.8, 4) is 5.75 Å². The second-order valence-corrected chi connectivity index (χ2v) is 25.8. The Morgan fingerprint density at radius 2 is 1.62 bits per heavy atom. The molecule has 0 aliphatic heterocycles. The monoisotopic (exact) mass is 612 g/mol. The van der Waals surface area contributed by atoms with Crippen molar-refractivity contribution in [2.45, 2.75) is 13.8 Å². The zero-order valence-electron chi connectivity index (χ0n) is 14.2. The first-order chi connectivity index (χ1) is 12.1. The number of rotatable bonds is 0. The van der Waals surface area contributed by atoms with E-state index < -0.39 is 11.9 Å². The molecule has 2 aromatic carbocycles. The second kappa shape index (κ2) is 7.37. The van der Waals surface area contributed by atoms with E-state index in [-0.39, 0.29) is 0 Å². The van der Waals surface area contributed by atoms with Gasteiger partial charge in [-0.05, 0) is 48.6 Å². The minimum atomic E-state index is -3.06. The predicted octanol–water partition coefficient (Wildman–Crippen LogP) is 6.38. The van der Waals surface area contributed by atoms with Gasteiger partial charge in [0.1, 0.15) is 12.8 Å². The molecule has 0 saturated heterocycles. The van der Waals surface area contributed by atoms with Gasteiger partial charge in [0.15, 0.2) is 12.4 Å². The minimum absolute atomic E-state index is 0.305. The molecular weight excluding hydrogens is 597 g/mol. The number of benzene rings is 2. The average molecular weight is 614 g/mol. The Balaban J connectivity index is 0.000000349. The summed E-state index contributed by atoms with van der Waals surface area (Å²) in [6.45, 7) is 4.31. The zero-order valence-corrected chi connectivity index (χ0v) is 19.5. The fraction of sp³-hybridized carbons (Fsp3) is 0.167. The molecule has 2 heterocycles. The van der Waals surface area contributed by atoms with Crippen molar-refractivity contribution in [2.75, 3.05) is 0 Å². The number of halogens is 4. The van der Waals surface area contributed by atoms with Crippen LogP contribution in [-0.4, -0.2) is 10.1 Å². The van der Waals surface area contributed by atoms with Gasteiger partial charge in [-0.1, -0.05) is 0 Å². The molecule has 0 amide bonds. The van der Waals surface area contributed by atoms with Crippen molar-refractivity contribution in [1.82, 2.24) is 4.98 Å². The summed E-state index contributed by atoms with van der Waals surface area (Å²) in [6.07, 6.45) is 4.24. The number of phenolic OH excluding ortho intramolecular Hbond substituents is 1. The molecule has 3 nitrogen and oxygen atoms in total. The Morgan fingerprint density at radius 3 is 2.27 bits per heavy atom. The Labute approximate surface area is 170 Å². The number of aryl methyl sites for hydroxylation is 3. The number of nitrogens with zero attached hydrogens (tertiary/aromatic N) is 1. The van der Waals surface area contributed by atoms with Crippen LogP contribution in [0.25, 0.3) is 32.6 Å². The number of H-pyrrole nitrogens is 1. The number of fused-ring (bicyclic) bond motifs is 4. The Morgan fingerprint density at radius 1 is 0.962 bits per heavy atom. The van der Waals surface area contributed by atoms with E-state index >= 15 is 0 Å². The second-order valence-electron chi connectivity index (χ2n) is 6.06. The number of nitrogens with one attached hydrogen (secondary N) is 1. The molecule has 0 fully saturated rings. The molecule has 0 radical (unpaired) electrons. The molecule has 144 valence electrons. The molecule has 2 N–H and O–H groups in total. The number of aromatic nitrogens is 2. The number of pyridine rings is 1. The van der Waals surface area contributed by atoms with E-state index in [1.165, 1.54) is 27.3 Å². The van der Waals surface area contributed by atoms with E-state index in [1.807, 2.05) is 19.2 Å². The predicted molar refractivity (Wildman–Crippen MR) is 109 cm³/mol. The standard InChI is InChI=1S/C18H16N2O.4ClH.Pt/c1-10-15-9-20(3)7-6-13(15)11(2)18-17(10)14-8-12(21)4-5-16(14)19-18;;;;;/h4-9,21H,1-3H3;4*1H;/q;;;;;+2/p-3. The summed E-state index contributed by atoms with van der Waals surface area (Å²) < 4.78 is 2.08. The van der Waals surface area contributed by atoms with Crippen LogP contribution in [0.4, 0.5) is 0 Å². The van der Waals surface area contributed by atoms with Gasteiger partial charge in [0, 0.05) is 27.7 Å². The van der Waals surface area contributed by atoms with Gasteiger partial charge in [0.2, 0.25) is 0 Å². The molecular formula is C18H17Cl4N2OPt-. The maximum atomic E-state index is 9.81.